The highest BCUT2D eigenvalue weighted by molar-refractivity contribution is 5.94. The number of hydrogen-bond acceptors (Lipinski definition) is 5. The fourth-order valence-corrected chi connectivity index (χ4v) is 3.81. The molecule has 1 heterocycles. The van der Waals surface area contributed by atoms with Crippen LogP contribution in [0.15, 0.2) is 48.5 Å². The van der Waals surface area contributed by atoms with Gasteiger partial charge in [-0.25, -0.2) is 9.07 Å². The van der Waals surface area contributed by atoms with Crippen molar-refractivity contribution in [3.63, 3.8) is 0 Å². The Hall–Kier alpha value is -3.88. The average molecular weight is 470 g/mol. The number of benzene rings is 2. The van der Waals surface area contributed by atoms with Gasteiger partial charge in [-0.3, -0.25) is 9.59 Å². The Morgan fingerprint density at radius 3 is 2.29 bits per heavy atom. The van der Waals surface area contributed by atoms with Crippen LogP contribution < -0.4 is 14.8 Å². The van der Waals surface area contributed by atoms with E-state index in [1.807, 2.05) is 13.8 Å². The Morgan fingerprint density at radius 1 is 1.09 bits per heavy atom. The van der Waals surface area contributed by atoms with Crippen molar-refractivity contribution in [2.75, 3.05) is 14.2 Å². The highest BCUT2D eigenvalue weighted by atomic mass is 19.1. The average Bonchev–Trinajstić information content (AvgIpc) is 3.22. The van der Waals surface area contributed by atoms with Gasteiger partial charge in [-0.05, 0) is 48.7 Å². The Labute approximate surface area is 197 Å². The van der Waals surface area contributed by atoms with Crippen LogP contribution in [0.1, 0.15) is 37.2 Å². The summed E-state index contributed by atoms with van der Waals surface area (Å²) in [6.07, 6.45) is 0.289. The largest absolute Gasteiger partial charge is 0.496 e. The smallest absolute Gasteiger partial charge is 0.305 e. The lowest BCUT2D eigenvalue weighted by molar-refractivity contribution is -0.137. The molecule has 1 aromatic heterocycles. The number of nitrogens with zero attached hydrogens (tertiary/aromatic N) is 2. The number of nitrogens with one attached hydrogen (secondary N) is 1. The maximum atomic E-state index is 14.0. The summed E-state index contributed by atoms with van der Waals surface area (Å²) in [7, 11) is 3.02. The Morgan fingerprint density at radius 2 is 1.74 bits per heavy atom. The van der Waals surface area contributed by atoms with Gasteiger partial charge in [0.05, 0.1) is 37.6 Å². The van der Waals surface area contributed by atoms with Crippen molar-refractivity contribution in [3.8, 4) is 28.4 Å². The normalized spacial score (nSPS) is 11.8. The van der Waals surface area contributed by atoms with E-state index in [-0.39, 0.29) is 18.0 Å². The number of rotatable bonds is 10. The van der Waals surface area contributed by atoms with Crippen LogP contribution in [0.4, 0.5) is 4.39 Å². The molecule has 0 radical (unpaired) electrons. The molecule has 0 aliphatic carbocycles. The zero-order valence-corrected chi connectivity index (χ0v) is 19.5. The van der Waals surface area contributed by atoms with E-state index in [9.17, 15) is 19.1 Å². The zero-order chi connectivity index (χ0) is 24.8. The molecule has 3 aromatic rings. The number of carbonyl (C=O) groups excluding carboxylic acids is 1. The highest BCUT2D eigenvalue weighted by Gasteiger charge is 2.24. The van der Waals surface area contributed by atoms with E-state index in [0.717, 1.165) is 0 Å². The molecule has 0 unspecified atom stereocenters. The molecule has 0 spiro atoms. The van der Waals surface area contributed by atoms with Crippen molar-refractivity contribution >= 4 is 11.9 Å². The van der Waals surface area contributed by atoms with E-state index < -0.39 is 23.7 Å². The number of aliphatic carboxylic acids is 1. The maximum absolute atomic E-state index is 14.0. The van der Waals surface area contributed by atoms with Gasteiger partial charge >= 0.3 is 5.97 Å². The SMILES string of the molecule is COc1cccc(OC)c1-c1cc(C(=O)N[C@H](CC(=O)O)CC(C)C)nn1-c1cccc(F)c1. The van der Waals surface area contributed by atoms with Crippen molar-refractivity contribution in [3.05, 3.63) is 60.0 Å². The quantitative estimate of drug-likeness (QED) is 0.459. The van der Waals surface area contributed by atoms with Crippen LogP contribution >= 0.6 is 0 Å². The number of methoxy groups -OCH3 is 2. The summed E-state index contributed by atoms with van der Waals surface area (Å²) in [5.74, 6) is -0.856. The molecule has 34 heavy (non-hydrogen) atoms. The predicted octanol–water partition coefficient (Wildman–Crippen LogP) is 4.31. The fourth-order valence-electron chi connectivity index (χ4n) is 3.81. The van der Waals surface area contributed by atoms with Gasteiger partial charge in [0.25, 0.3) is 5.91 Å². The first-order valence-electron chi connectivity index (χ1n) is 10.8. The molecule has 0 aliphatic rings. The monoisotopic (exact) mass is 469 g/mol. The van der Waals surface area contributed by atoms with Gasteiger partial charge in [0.2, 0.25) is 0 Å². The van der Waals surface area contributed by atoms with Crippen LogP contribution in [-0.4, -0.2) is 47.0 Å². The summed E-state index contributed by atoms with van der Waals surface area (Å²) in [6.45, 7) is 3.90. The molecule has 9 heteroatoms. The van der Waals surface area contributed by atoms with Crippen molar-refractivity contribution in [2.24, 2.45) is 5.92 Å². The second kappa shape index (κ2) is 10.8. The zero-order valence-electron chi connectivity index (χ0n) is 19.5. The van der Waals surface area contributed by atoms with E-state index >= 15 is 0 Å². The summed E-state index contributed by atoms with van der Waals surface area (Å²) in [5, 5.41) is 16.4. The molecular weight excluding hydrogens is 441 g/mol. The van der Waals surface area contributed by atoms with Gasteiger partial charge in [0.1, 0.15) is 17.3 Å². The third kappa shape index (κ3) is 5.72. The molecule has 180 valence electrons. The van der Waals surface area contributed by atoms with Gasteiger partial charge in [0.15, 0.2) is 5.69 Å². The topological polar surface area (TPSA) is 103 Å². The number of carboxylic acid groups (broad SMARTS) is 1. The number of amides is 1. The first-order valence-corrected chi connectivity index (χ1v) is 10.8. The molecule has 3 rings (SSSR count). The van der Waals surface area contributed by atoms with Crippen molar-refractivity contribution < 1.29 is 28.6 Å². The first kappa shape index (κ1) is 24.8. The Balaban J connectivity index is 2.12. The number of aromatic nitrogens is 2. The summed E-state index contributed by atoms with van der Waals surface area (Å²) in [4.78, 5) is 24.4. The molecule has 0 aliphatic heterocycles. The lowest BCUT2D eigenvalue weighted by Crippen LogP contribution is -2.37. The number of halogens is 1. The Bertz CT molecular complexity index is 1150. The van der Waals surface area contributed by atoms with Gasteiger partial charge in [-0.15, -0.1) is 0 Å². The lowest BCUT2D eigenvalue weighted by atomic mass is 10.0. The Kier molecular flexibility index (Phi) is 7.88. The molecule has 1 amide bonds. The number of ether oxygens (including phenoxy) is 2. The van der Waals surface area contributed by atoms with E-state index in [4.69, 9.17) is 9.47 Å². The molecule has 2 aromatic carbocycles. The minimum Gasteiger partial charge on any atom is -0.496 e. The van der Waals surface area contributed by atoms with Gasteiger partial charge in [0, 0.05) is 6.04 Å². The van der Waals surface area contributed by atoms with E-state index in [2.05, 4.69) is 10.4 Å². The molecule has 0 saturated heterocycles. The number of carboxylic acids is 1. The van der Waals surface area contributed by atoms with Gasteiger partial charge in [-0.2, -0.15) is 5.10 Å². The third-order valence-corrected chi connectivity index (χ3v) is 5.19. The van der Waals surface area contributed by atoms with Crippen molar-refractivity contribution in [1.29, 1.82) is 0 Å². The highest BCUT2D eigenvalue weighted by Crippen LogP contribution is 2.39. The van der Waals surface area contributed by atoms with Crippen LogP contribution in [0.5, 0.6) is 11.5 Å². The molecule has 8 nitrogen and oxygen atoms in total. The molecule has 2 N–H and O–H groups in total. The standard InChI is InChI=1S/C25H28FN3O5/c1-15(2)11-17(13-23(30)31)27-25(32)19-14-20(24-21(33-3)9-6-10-22(24)34-4)29(28-19)18-8-5-7-16(26)12-18/h5-10,12,14-15,17H,11,13H2,1-4H3,(H,27,32)(H,30,31)/t17-/m0/s1. The predicted molar refractivity (Wildman–Crippen MR) is 125 cm³/mol. The fraction of sp³-hybridized carbons (Fsp3) is 0.320. The maximum Gasteiger partial charge on any atom is 0.305 e. The van der Waals surface area contributed by atoms with Crippen LogP contribution in [0.3, 0.4) is 0 Å². The minimum atomic E-state index is -1.00. The second-order valence-electron chi connectivity index (χ2n) is 8.24. The molecule has 0 fully saturated rings. The molecular formula is C25H28FN3O5. The van der Waals surface area contributed by atoms with E-state index in [1.54, 1.807) is 36.4 Å². The summed E-state index contributed by atoms with van der Waals surface area (Å²) in [5.41, 5.74) is 1.42. The molecule has 0 bridgehead atoms. The van der Waals surface area contributed by atoms with E-state index in [1.165, 1.54) is 31.0 Å². The van der Waals surface area contributed by atoms with Gasteiger partial charge < -0.3 is 19.9 Å². The van der Waals surface area contributed by atoms with Gasteiger partial charge in [-0.1, -0.05) is 26.0 Å². The number of hydrogen-bond donors (Lipinski definition) is 2. The van der Waals surface area contributed by atoms with Crippen LogP contribution in [0.2, 0.25) is 0 Å². The van der Waals surface area contributed by atoms with Crippen LogP contribution in [0.25, 0.3) is 16.9 Å². The van der Waals surface area contributed by atoms with Crippen LogP contribution in [-0.2, 0) is 4.79 Å². The van der Waals surface area contributed by atoms with Crippen molar-refractivity contribution in [2.45, 2.75) is 32.7 Å². The summed E-state index contributed by atoms with van der Waals surface area (Å²) in [6, 6.07) is 12.1. The second-order valence-corrected chi connectivity index (χ2v) is 8.24. The third-order valence-electron chi connectivity index (χ3n) is 5.19. The first-order chi connectivity index (χ1) is 16.2. The number of carbonyl (C=O) groups is 2. The molecule has 0 saturated carbocycles. The molecule has 1 atom stereocenters. The minimum absolute atomic E-state index is 0.0476. The van der Waals surface area contributed by atoms with Crippen LogP contribution in [0, 0.1) is 11.7 Å². The lowest BCUT2D eigenvalue weighted by Gasteiger charge is -2.18. The summed E-state index contributed by atoms with van der Waals surface area (Å²) >= 11 is 0. The summed E-state index contributed by atoms with van der Waals surface area (Å²) < 4.78 is 26.5. The van der Waals surface area contributed by atoms with E-state index in [0.29, 0.717) is 34.9 Å². The van der Waals surface area contributed by atoms with Crippen molar-refractivity contribution in [1.82, 2.24) is 15.1 Å².